The minimum atomic E-state index is -0.0179. The van der Waals surface area contributed by atoms with Gasteiger partial charge in [-0.15, -0.1) is 0 Å². The molecule has 106 valence electrons. The van der Waals surface area contributed by atoms with Crippen LogP contribution in [-0.4, -0.2) is 5.91 Å². The lowest BCUT2D eigenvalue weighted by Crippen LogP contribution is -2.17. The second-order valence-electron chi connectivity index (χ2n) is 5.41. The molecule has 1 aliphatic carbocycles. The van der Waals surface area contributed by atoms with Crippen molar-refractivity contribution in [3.8, 4) is 6.07 Å². The van der Waals surface area contributed by atoms with Crippen LogP contribution in [0.3, 0.4) is 0 Å². The van der Waals surface area contributed by atoms with Crippen LogP contribution in [0.15, 0.2) is 18.2 Å². The van der Waals surface area contributed by atoms with Gasteiger partial charge in [-0.2, -0.15) is 5.26 Å². The van der Waals surface area contributed by atoms with E-state index in [2.05, 4.69) is 11.4 Å². The normalized spacial score (nSPS) is 16.2. The zero-order valence-electron chi connectivity index (χ0n) is 11.5. The molecule has 1 saturated carbocycles. The van der Waals surface area contributed by atoms with Gasteiger partial charge in [-0.25, -0.2) is 0 Å². The lowest BCUT2D eigenvalue weighted by Gasteiger charge is -2.14. The smallest absolute Gasteiger partial charge is 0.224 e. The van der Waals surface area contributed by atoms with Crippen molar-refractivity contribution in [1.29, 1.82) is 5.26 Å². The number of hydrogen-bond donors (Lipinski definition) is 1. The topological polar surface area (TPSA) is 52.9 Å². The Kier molecular flexibility index (Phi) is 5.43. The second-order valence-corrected chi connectivity index (χ2v) is 5.85. The Morgan fingerprint density at radius 3 is 2.65 bits per heavy atom. The SMILES string of the molecule is N#Cc1ccc(Cl)cc1NC(=O)CC1CCCCCC1. The van der Waals surface area contributed by atoms with Crippen LogP contribution in [0.4, 0.5) is 5.69 Å². The Morgan fingerprint density at radius 1 is 1.30 bits per heavy atom. The van der Waals surface area contributed by atoms with Crippen LogP contribution in [0.1, 0.15) is 50.5 Å². The first-order valence-corrected chi connectivity index (χ1v) is 7.56. The van der Waals surface area contributed by atoms with E-state index in [0.29, 0.717) is 28.6 Å². The van der Waals surface area contributed by atoms with Gasteiger partial charge in [0.15, 0.2) is 0 Å². The lowest BCUT2D eigenvalue weighted by atomic mass is 9.96. The fraction of sp³-hybridized carbons (Fsp3) is 0.500. The Morgan fingerprint density at radius 2 is 2.00 bits per heavy atom. The molecule has 0 spiro atoms. The van der Waals surface area contributed by atoms with Gasteiger partial charge >= 0.3 is 0 Å². The Bertz CT molecular complexity index is 514. The predicted octanol–water partition coefficient (Wildman–Crippen LogP) is 4.51. The number of anilines is 1. The summed E-state index contributed by atoms with van der Waals surface area (Å²) >= 11 is 5.91. The molecule has 0 bridgehead atoms. The van der Waals surface area contributed by atoms with Gasteiger partial charge < -0.3 is 5.32 Å². The summed E-state index contributed by atoms with van der Waals surface area (Å²) in [7, 11) is 0. The van der Waals surface area contributed by atoms with Gasteiger partial charge in [-0.1, -0.05) is 37.3 Å². The molecule has 1 fully saturated rings. The highest BCUT2D eigenvalue weighted by Gasteiger charge is 2.17. The van der Waals surface area contributed by atoms with E-state index in [9.17, 15) is 4.79 Å². The van der Waals surface area contributed by atoms with Gasteiger partial charge in [0.1, 0.15) is 6.07 Å². The number of hydrogen-bond acceptors (Lipinski definition) is 2. The van der Waals surface area contributed by atoms with E-state index >= 15 is 0 Å². The van der Waals surface area contributed by atoms with Gasteiger partial charge in [-0.05, 0) is 37.0 Å². The van der Waals surface area contributed by atoms with Crippen molar-refractivity contribution in [3.63, 3.8) is 0 Å². The molecule has 0 unspecified atom stereocenters. The third-order valence-electron chi connectivity index (χ3n) is 3.82. The highest BCUT2D eigenvalue weighted by atomic mass is 35.5. The molecule has 0 saturated heterocycles. The maximum Gasteiger partial charge on any atom is 0.224 e. The molecule has 0 radical (unpaired) electrons. The average Bonchev–Trinajstić information content (AvgIpc) is 2.67. The molecule has 0 heterocycles. The van der Waals surface area contributed by atoms with E-state index in [1.165, 1.54) is 25.7 Å². The number of carbonyl (C=O) groups is 1. The number of rotatable bonds is 3. The zero-order chi connectivity index (χ0) is 14.4. The molecule has 1 amide bonds. The van der Waals surface area contributed by atoms with E-state index < -0.39 is 0 Å². The molecule has 0 aromatic heterocycles. The zero-order valence-corrected chi connectivity index (χ0v) is 12.2. The fourth-order valence-electron chi connectivity index (χ4n) is 2.75. The summed E-state index contributed by atoms with van der Waals surface area (Å²) in [6.45, 7) is 0. The van der Waals surface area contributed by atoms with Crippen molar-refractivity contribution in [2.75, 3.05) is 5.32 Å². The van der Waals surface area contributed by atoms with Crippen LogP contribution in [0.25, 0.3) is 0 Å². The largest absolute Gasteiger partial charge is 0.325 e. The van der Waals surface area contributed by atoms with Crippen molar-refractivity contribution >= 4 is 23.2 Å². The molecule has 20 heavy (non-hydrogen) atoms. The van der Waals surface area contributed by atoms with E-state index in [0.717, 1.165) is 12.8 Å². The highest BCUT2D eigenvalue weighted by Crippen LogP contribution is 2.26. The molecule has 1 N–H and O–H groups in total. The number of nitrogens with zero attached hydrogens (tertiary/aromatic N) is 1. The maximum atomic E-state index is 12.1. The molecule has 1 aliphatic rings. The summed E-state index contributed by atoms with van der Waals surface area (Å²) < 4.78 is 0. The van der Waals surface area contributed by atoms with E-state index in [1.807, 2.05) is 0 Å². The highest BCUT2D eigenvalue weighted by molar-refractivity contribution is 6.31. The molecule has 0 aliphatic heterocycles. The first kappa shape index (κ1) is 14.9. The number of benzene rings is 1. The van der Waals surface area contributed by atoms with Gasteiger partial charge in [0.05, 0.1) is 11.3 Å². The standard InChI is InChI=1S/C16H19ClN2O/c17-14-8-7-13(11-18)15(10-14)19-16(20)9-12-5-3-1-2-4-6-12/h7-8,10,12H,1-6,9H2,(H,19,20). The van der Waals surface area contributed by atoms with E-state index in [4.69, 9.17) is 16.9 Å². The van der Waals surface area contributed by atoms with Crippen molar-refractivity contribution in [2.24, 2.45) is 5.92 Å². The van der Waals surface area contributed by atoms with Crippen molar-refractivity contribution in [2.45, 2.75) is 44.9 Å². The molecule has 4 heteroatoms. The van der Waals surface area contributed by atoms with Crippen LogP contribution in [-0.2, 0) is 4.79 Å². The number of nitriles is 1. The summed E-state index contributed by atoms with van der Waals surface area (Å²) in [5, 5.41) is 12.4. The van der Waals surface area contributed by atoms with Crippen LogP contribution < -0.4 is 5.32 Å². The number of amides is 1. The molecule has 1 aromatic carbocycles. The summed E-state index contributed by atoms with van der Waals surface area (Å²) in [6, 6.07) is 6.98. The Hall–Kier alpha value is -1.53. The monoisotopic (exact) mass is 290 g/mol. The van der Waals surface area contributed by atoms with Crippen molar-refractivity contribution < 1.29 is 4.79 Å². The van der Waals surface area contributed by atoms with Crippen molar-refractivity contribution in [3.05, 3.63) is 28.8 Å². The summed E-state index contributed by atoms with van der Waals surface area (Å²) in [4.78, 5) is 12.1. The first-order valence-electron chi connectivity index (χ1n) is 7.18. The molecular weight excluding hydrogens is 272 g/mol. The van der Waals surface area contributed by atoms with E-state index in [-0.39, 0.29) is 5.91 Å². The molecule has 0 atom stereocenters. The third-order valence-corrected chi connectivity index (χ3v) is 4.06. The minimum Gasteiger partial charge on any atom is -0.325 e. The molecule has 2 rings (SSSR count). The summed E-state index contributed by atoms with van der Waals surface area (Å²) in [5.74, 6) is 0.456. The Balaban J connectivity index is 1.97. The van der Waals surface area contributed by atoms with Crippen molar-refractivity contribution in [1.82, 2.24) is 0 Å². The van der Waals surface area contributed by atoms with E-state index in [1.54, 1.807) is 18.2 Å². The van der Waals surface area contributed by atoms with Crippen LogP contribution >= 0.6 is 11.6 Å². The van der Waals surface area contributed by atoms with Crippen LogP contribution in [0.2, 0.25) is 5.02 Å². The predicted molar refractivity (Wildman–Crippen MR) is 80.6 cm³/mol. The lowest BCUT2D eigenvalue weighted by molar-refractivity contribution is -0.117. The molecule has 3 nitrogen and oxygen atoms in total. The summed E-state index contributed by atoms with van der Waals surface area (Å²) in [5.41, 5.74) is 0.960. The maximum absolute atomic E-state index is 12.1. The molecular formula is C16H19ClN2O. The average molecular weight is 291 g/mol. The van der Waals surface area contributed by atoms with Crippen LogP contribution in [0.5, 0.6) is 0 Å². The second kappa shape index (κ2) is 7.31. The fourth-order valence-corrected chi connectivity index (χ4v) is 2.92. The number of nitrogens with one attached hydrogen (secondary N) is 1. The van der Waals surface area contributed by atoms with Gasteiger partial charge in [0.25, 0.3) is 0 Å². The minimum absolute atomic E-state index is 0.0179. The Labute approximate surface area is 124 Å². The van der Waals surface area contributed by atoms with Gasteiger partial charge in [0, 0.05) is 11.4 Å². The van der Waals surface area contributed by atoms with Crippen LogP contribution in [0, 0.1) is 17.2 Å². The van der Waals surface area contributed by atoms with Gasteiger partial charge in [-0.3, -0.25) is 4.79 Å². The summed E-state index contributed by atoms with van der Waals surface area (Å²) in [6.07, 6.45) is 7.81. The third kappa shape index (κ3) is 4.25. The van der Waals surface area contributed by atoms with Gasteiger partial charge in [0.2, 0.25) is 5.91 Å². The first-order chi connectivity index (χ1) is 9.69. The number of halogens is 1. The number of carbonyl (C=O) groups excluding carboxylic acids is 1. The molecule has 1 aromatic rings. The quantitative estimate of drug-likeness (QED) is 0.833.